The number of nitrogens with one attached hydrogen (secondary N) is 1. The normalized spacial score (nSPS) is 11.1. The molecule has 3 N–H and O–H groups in total. The molecule has 1 heterocycles. The lowest BCUT2D eigenvalue weighted by Crippen LogP contribution is -1.97. The lowest BCUT2D eigenvalue weighted by molar-refractivity contribution is 1.05. The molecule has 2 rings (SSSR count). The summed E-state index contributed by atoms with van der Waals surface area (Å²) in [6.45, 7) is 6.95. The van der Waals surface area contributed by atoms with E-state index in [0.29, 0.717) is 6.54 Å². The van der Waals surface area contributed by atoms with E-state index in [1.165, 1.54) is 33.3 Å². The smallest absolute Gasteiger partial charge is 0.0491 e. The molecule has 0 saturated heterocycles. The Morgan fingerprint density at radius 2 is 1.79 bits per heavy atom. The van der Waals surface area contributed by atoms with Crippen molar-refractivity contribution >= 4 is 10.9 Å². The minimum Gasteiger partial charge on any atom is -0.358 e. The molecule has 0 bridgehead atoms. The summed E-state index contributed by atoms with van der Waals surface area (Å²) in [5, 5.41) is 1.31. The van der Waals surface area contributed by atoms with Gasteiger partial charge in [-0.1, -0.05) is 12.1 Å². The standard InChI is InChI=1S/C12H16N2/c1-7-4-5-8(2)12-11(7)10(6-13)9(3)14-12/h4-5,14H,6,13H2,1-3H3. The van der Waals surface area contributed by atoms with E-state index in [-0.39, 0.29) is 0 Å². The first-order chi connectivity index (χ1) is 6.65. The first-order valence-electron chi connectivity index (χ1n) is 4.92. The Labute approximate surface area is 84.1 Å². The van der Waals surface area contributed by atoms with Crippen molar-refractivity contribution in [2.75, 3.05) is 0 Å². The van der Waals surface area contributed by atoms with E-state index in [0.717, 1.165) is 0 Å². The van der Waals surface area contributed by atoms with Gasteiger partial charge in [0.05, 0.1) is 0 Å². The summed E-state index contributed by atoms with van der Waals surface area (Å²) in [6.07, 6.45) is 0. The number of hydrogen-bond donors (Lipinski definition) is 2. The number of aromatic nitrogens is 1. The molecule has 0 saturated carbocycles. The van der Waals surface area contributed by atoms with Crippen LogP contribution in [-0.4, -0.2) is 4.98 Å². The van der Waals surface area contributed by atoms with Crippen LogP contribution in [0.3, 0.4) is 0 Å². The molecule has 14 heavy (non-hydrogen) atoms. The van der Waals surface area contributed by atoms with E-state index in [4.69, 9.17) is 5.73 Å². The van der Waals surface area contributed by atoms with Crippen LogP contribution in [0.4, 0.5) is 0 Å². The van der Waals surface area contributed by atoms with E-state index >= 15 is 0 Å². The maximum Gasteiger partial charge on any atom is 0.0491 e. The number of aromatic amines is 1. The second kappa shape index (κ2) is 3.14. The second-order valence-electron chi connectivity index (χ2n) is 3.88. The molecule has 2 aromatic rings. The van der Waals surface area contributed by atoms with Gasteiger partial charge in [0, 0.05) is 23.1 Å². The van der Waals surface area contributed by atoms with Gasteiger partial charge in [-0.2, -0.15) is 0 Å². The van der Waals surface area contributed by atoms with Crippen molar-refractivity contribution in [3.8, 4) is 0 Å². The van der Waals surface area contributed by atoms with Crippen molar-refractivity contribution in [3.63, 3.8) is 0 Å². The Bertz CT molecular complexity index is 481. The number of hydrogen-bond acceptors (Lipinski definition) is 1. The molecule has 0 spiro atoms. The fraction of sp³-hybridized carbons (Fsp3) is 0.333. The van der Waals surface area contributed by atoms with E-state index in [2.05, 4.69) is 37.9 Å². The molecule has 0 amide bonds. The summed E-state index contributed by atoms with van der Waals surface area (Å²) in [5.41, 5.74) is 12.0. The molecule has 74 valence electrons. The highest BCUT2D eigenvalue weighted by Crippen LogP contribution is 2.27. The van der Waals surface area contributed by atoms with E-state index in [9.17, 15) is 0 Å². The molecule has 0 aliphatic carbocycles. The molecule has 0 aliphatic rings. The highest BCUT2D eigenvalue weighted by Gasteiger charge is 2.10. The molecule has 0 aliphatic heterocycles. The highest BCUT2D eigenvalue weighted by molar-refractivity contribution is 5.90. The molecule has 2 heteroatoms. The quantitative estimate of drug-likeness (QED) is 0.709. The second-order valence-corrected chi connectivity index (χ2v) is 3.88. The summed E-state index contributed by atoms with van der Waals surface area (Å²) in [5.74, 6) is 0. The Kier molecular flexibility index (Phi) is 2.08. The van der Waals surface area contributed by atoms with Crippen LogP contribution in [0, 0.1) is 20.8 Å². The van der Waals surface area contributed by atoms with Gasteiger partial charge >= 0.3 is 0 Å². The molecular formula is C12H16N2. The third kappa shape index (κ3) is 1.15. The Morgan fingerprint density at radius 3 is 2.43 bits per heavy atom. The van der Waals surface area contributed by atoms with Gasteiger partial charge in [-0.25, -0.2) is 0 Å². The SMILES string of the molecule is Cc1[nH]c2c(C)ccc(C)c2c1CN. The fourth-order valence-corrected chi connectivity index (χ4v) is 2.07. The number of H-pyrrole nitrogens is 1. The maximum atomic E-state index is 5.76. The zero-order valence-electron chi connectivity index (χ0n) is 8.94. The van der Waals surface area contributed by atoms with Crippen LogP contribution < -0.4 is 5.73 Å². The first kappa shape index (κ1) is 9.28. The Balaban J connectivity index is 2.93. The van der Waals surface area contributed by atoms with E-state index in [1.54, 1.807) is 0 Å². The molecule has 0 unspecified atom stereocenters. The van der Waals surface area contributed by atoms with Crippen molar-refractivity contribution in [1.29, 1.82) is 0 Å². The predicted octanol–water partition coefficient (Wildman–Crippen LogP) is 2.55. The van der Waals surface area contributed by atoms with Crippen LogP contribution in [0.15, 0.2) is 12.1 Å². The fourth-order valence-electron chi connectivity index (χ4n) is 2.07. The summed E-state index contributed by atoms with van der Waals surface area (Å²) < 4.78 is 0. The minimum atomic E-state index is 0.607. The lowest BCUT2D eigenvalue weighted by Gasteiger charge is -2.02. The van der Waals surface area contributed by atoms with Crippen LogP contribution >= 0.6 is 0 Å². The van der Waals surface area contributed by atoms with Gasteiger partial charge in [-0.05, 0) is 37.5 Å². The van der Waals surface area contributed by atoms with Crippen LogP contribution in [-0.2, 0) is 6.54 Å². The molecule has 1 aromatic heterocycles. The highest BCUT2D eigenvalue weighted by atomic mass is 14.7. The number of rotatable bonds is 1. The van der Waals surface area contributed by atoms with Crippen molar-refractivity contribution in [2.45, 2.75) is 27.3 Å². The monoisotopic (exact) mass is 188 g/mol. The summed E-state index contributed by atoms with van der Waals surface area (Å²) in [4.78, 5) is 3.41. The average molecular weight is 188 g/mol. The Morgan fingerprint density at radius 1 is 1.14 bits per heavy atom. The minimum absolute atomic E-state index is 0.607. The number of fused-ring (bicyclic) bond motifs is 1. The molecular weight excluding hydrogens is 172 g/mol. The Hall–Kier alpha value is -1.28. The third-order valence-corrected chi connectivity index (χ3v) is 2.89. The van der Waals surface area contributed by atoms with Gasteiger partial charge in [-0.3, -0.25) is 0 Å². The molecule has 2 nitrogen and oxygen atoms in total. The zero-order chi connectivity index (χ0) is 10.3. The molecule has 0 atom stereocenters. The maximum absolute atomic E-state index is 5.76. The topological polar surface area (TPSA) is 41.8 Å². The molecule has 1 aromatic carbocycles. The largest absolute Gasteiger partial charge is 0.358 e. The van der Waals surface area contributed by atoms with Gasteiger partial charge in [0.25, 0.3) is 0 Å². The van der Waals surface area contributed by atoms with Crippen molar-refractivity contribution in [3.05, 3.63) is 34.5 Å². The molecule has 0 radical (unpaired) electrons. The van der Waals surface area contributed by atoms with Crippen LogP contribution in [0.2, 0.25) is 0 Å². The van der Waals surface area contributed by atoms with Gasteiger partial charge in [0.2, 0.25) is 0 Å². The van der Waals surface area contributed by atoms with E-state index < -0.39 is 0 Å². The van der Waals surface area contributed by atoms with Crippen molar-refractivity contribution in [1.82, 2.24) is 4.98 Å². The average Bonchev–Trinajstić information content (AvgIpc) is 2.50. The van der Waals surface area contributed by atoms with Crippen LogP contribution in [0.1, 0.15) is 22.4 Å². The zero-order valence-corrected chi connectivity index (χ0v) is 8.94. The third-order valence-electron chi connectivity index (χ3n) is 2.89. The van der Waals surface area contributed by atoms with E-state index in [1.807, 2.05) is 0 Å². The van der Waals surface area contributed by atoms with Crippen molar-refractivity contribution < 1.29 is 0 Å². The van der Waals surface area contributed by atoms with Gasteiger partial charge in [-0.15, -0.1) is 0 Å². The van der Waals surface area contributed by atoms with Crippen LogP contribution in [0.25, 0.3) is 10.9 Å². The first-order valence-corrected chi connectivity index (χ1v) is 4.92. The number of aryl methyl sites for hydroxylation is 3. The lowest BCUT2D eigenvalue weighted by atomic mass is 10.0. The summed E-state index contributed by atoms with van der Waals surface area (Å²) in [6, 6.07) is 4.30. The molecule has 0 fully saturated rings. The van der Waals surface area contributed by atoms with Crippen LogP contribution in [0.5, 0.6) is 0 Å². The van der Waals surface area contributed by atoms with Crippen molar-refractivity contribution in [2.24, 2.45) is 5.73 Å². The summed E-state index contributed by atoms with van der Waals surface area (Å²) >= 11 is 0. The van der Waals surface area contributed by atoms with Gasteiger partial charge in [0.15, 0.2) is 0 Å². The number of nitrogens with two attached hydrogens (primary N) is 1. The predicted molar refractivity (Wildman–Crippen MR) is 60.4 cm³/mol. The summed E-state index contributed by atoms with van der Waals surface area (Å²) in [7, 11) is 0. The number of benzene rings is 1. The van der Waals surface area contributed by atoms with Gasteiger partial charge in [0.1, 0.15) is 0 Å². The van der Waals surface area contributed by atoms with Gasteiger partial charge < -0.3 is 10.7 Å².